The second kappa shape index (κ2) is 10.0. The minimum Gasteiger partial charge on any atom is -0.338 e. The van der Waals surface area contributed by atoms with Crippen LogP contribution in [0.4, 0.5) is 9.18 Å². The molecular formula is C21H22FN5O2S. The highest BCUT2D eigenvalue weighted by atomic mass is 32.2. The Labute approximate surface area is 178 Å². The Morgan fingerprint density at radius 3 is 2.50 bits per heavy atom. The van der Waals surface area contributed by atoms with Crippen molar-refractivity contribution in [2.75, 3.05) is 6.54 Å². The minimum atomic E-state index is -0.611. The number of hydrogen-bond acceptors (Lipinski definition) is 5. The van der Waals surface area contributed by atoms with Gasteiger partial charge in [0.1, 0.15) is 5.82 Å². The highest BCUT2D eigenvalue weighted by molar-refractivity contribution is 8.00. The lowest BCUT2D eigenvalue weighted by molar-refractivity contribution is -0.119. The third-order valence-corrected chi connectivity index (χ3v) is 5.32. The van der Waals surface area contributed by atoms with Crippen molar-refractivity contribution >= 4 is 23.7 Å². The van der Waals surface area contributed by atoms with Crippen molar-refractivity contribution in [3.63, 3.8) is 0 Å². The van der Waals surface area contributed by atoms with Crippen LogP contribution in [0.15, 0.2) is 59.8 Å². The SMILES string of the molecule is CCNC(=O)NC(=O)C(C)Sc1nnc(-c2ccccc2F)n1Cc1ccccc1. The number of rotatable bonds is 7. The molecule has 3 aromatic rings. The van der Waals surface area contributed by atoms with Gasteiger partial charge in [0.25, 0.3) is 0 Å². The van der Waals surface area contributed by atoms with Gasteiger partial charge in [0.2, 0.25) is 5.91 Å². The van der Waals surface area contributed by atoms with Crippen LogP contribution in [0.25, 0.3) is 11.4 Å². The Hall–Kier alpha value is -3.20. The maximum atomic E-state index is 14.4. The van der Waals surface area contributed by atoms with E-state index < -0.39 is 23.0 Å². The molecular weight excluding hydrogens is 405 g/mol. The molecule has 1 atom stereocenters. The summed E-state index contributed by atoms with van der Waals surface area (Å²) < 4.78 is 16.2. The lowest BCUT2D eigenvalue weighted by Gasteiger charge is -2.14. The van der Waals surface area contributed by atoms with Crippen molar-refractivity contribution in [3.05, 3.63) is 66.0 Å². The quantitative estimate of drug-likeness (QED) is 0.564. The second-order valence-corrected chi connectivity index (χ2v) is 7.77. The highest BCUT2D eigenvalue weighted by Gasteiger charge is 2.23. The first-order chi connectivity index (χ1) is 14.5. The van der Waals surface area contributed by atoms with Crippen LogP contribution < -0.4 is 10.6 Å². The van der Waals surface area contributed by atoms with Crippen molar-refractivity contribution in [3.8, 4) is 11.4 Å². The van der Waals surface area contributed by atoms with Crippen LogP contribution in [0.3, 0.4) is 0 Å². The van der Waals surface area contributed by atoms with Gasteiger partial charge in [-0.3, -0.25) is 14.7 Å². The molecule has 0 spiro atoms. The van der Waals surface area contributed by atoms with E-state index >= 15 is 0 Å². The highest BCUT2D eigenvalue weighted by Crippen LogP contribution is 2.29. The Morgan fingerprint density at radius 2 is 1.80 bits per heavy atom. The molecule has 0 saturated heterocycles. The molecule has 30 heavy (non-hydrogen) atoms. The largest absolute Gasteiger partial charge is 0.338 e. The van der Waals surface area contributed by atoms with Crippen LogP contribution in [0.1, 0.15) is 19.4 Å². The lowest BCUT2D eigenvalue weighted by atomic mass is 10.2. The molecule has 2 N–H and O–H groups in total. The molecule has 0 aliphatic carbocycles. The van der Waals surface area contributed by atoms with Crippen LogP contribution in [0.2, 0.25) is 0 Å². The number of nitrogens with one attached hydrogen (secondary N) is 2. The predicted octanol–water partition coefficient (Wildman–Crippen LogP) is 3.46. The van der Waals surface area contributed by atoms with Crippen LogP contribution in [0, 0.1) is 5.82 Å². The molecule has 0 aliphatic rings. The van der Waals surface area contributed by atoms with Gasteiger partial charge in [-0.15, -0.1) is 10.2 Å². The summed E-state index contributed by atoms with van der Waals surface area (Å²) in [5.74, 6) is -0.485. The summed E-state index contributed by atoms with van der Waals surface area (Å²) >= 11 is 1.15. The monoisotopic (exact) mass is 427 g/mol. The van der Waals surface area contributed by atoms with Gasteiger partial charge < -0.3 is 5.32 Å². The topological polar surface area (TPSA) is 88.9 Å². The number of urea groups is 1. The molecule has 0 fully saturated rings. The smallest absolute Gasteiger partial charge is 0.321 e. The van der Waals surface area contributed by atoms with E-state index in [1.54, 1.807) is 36.6 Å². The number of thioether (sulfide) groups is 1. The fourth-order valence-electron chi connectivity index (χ4n) is 2.76. The lowest BCUT2D eigenvalue weighted by Crippen LogP contribution is -2.42. The van der Waals surface area contributed by atoms with Crippen LogP contribution >= 0.6 is 11.8 Å². The van der Waals surface area contributed by atoms with E-state index in [1.165, 1.54) is 6.07 Å². The number of aromatic nitrogens is 3. The number of halogens is 1. The van der Waals surface area contributed by atoms with E-state index in [9.17, 15) is 14.0 Å². The molecule has 1 heterocycles. The van der Waals surface area contributed by atoms with E-state index in [4.69, 9.17) is 0 Å². The van der Waals surface area contributed by atoms with E-state index in [0.29, 0.717) is 29.6 Å². The fraction of sp³-hybridized carbons (Fsp3) is 0.238. The van der Waals surface area contributed by atoms with E-state index in [-0.39, 0.29) is 0 Å². The molecule has 156 valence electrons. The molecule has 0 aliphatic heterocycles. The molecule has 1 aromatic heterocycles. The van der Waals surface area contributed by atoms with Crippen molar-refractivity contribution in [2.45, 2.75) is 30.8 Å². The third-order valence-electron chi connectivity index (χ3n) is 4.24. The maximum absolute atomic E-state index is 14.4. The third kappa shape index (κ3) is 5.24. The summed E-state index contributed by atoms with van der Waals surface area (Å²) in [7, 11) is 0. The zero-order valence-electron chi connectivity index (χ0n) is 16.6. The second-order valence-electron chi connectivity index (χ2n) is 6.47. The number of hydrogen-bond donors (Lipinski definition) is 2. The van der Waals surface area contributed by atoms with Crippen LogP contribution in [0.5, 0.6) is 0 Å². The maximum Gasteiger partial charge on any atom is 0.321 e. The van der Waals surface area contributed by atoms with Gasteiger partial charge >= 0.3 is 6.03 Å². The first-order valence-corrected chi connectivity index (χ1v) is 10.3. The summed E-state index contributed by atoms with van der Waals surface area (Å²) in [6, 6.07) is 15.4. The van der Waals surface area contributed by atoms with Gasteiger partial charge in [-0.05, 0) is 31.5 Å². The summed E-state index contributed by atoms with van der Waals surface area (Å²) in [5, 5.41) is 13.0. The Balaban J connectivity index is 1.89. The van der Waals surface area contributed by atoms with Gasteiger partial charge in [-0.1, -0.05) is 54.2 Å². The van der Waals surface area contributed by atoms with Gasteiger partial charge in [-0.25, -0.2) is 9.18 Å². The van der Waals surface area contributed by atoms with Crippen molar-refractivity contribution < 1.29 is 14.0 Å². The van der Waals surface area contributed by atoms with Crippen molar-refractivity contribution in [1.82, 2.24) is 25.4 Å². The summed E-state index contributed by atoms with van der Waals surface area (Å²) in [5.41, 5.74) is 1.31. The first-order valence-electron chi connectivity index (χ1n) is 9.47. The van der Waals surface area contributed by atoms with Crippen LogP contribution in [-0.4, -0.2) is 38.5 Å². The zero-order valence-corrected chi connectivity index (χ0v) is 17.4. The molecule has 3 amide bonds. The van der Waals surface area contributed by atoms with Gasteiger partial charge in [-0.2, -0.15) is 0 Å². The summed E-state index contributed by atoms with van der Waals surface area (Å²) in [4.78, 5) is 23.9. The molecule has 0 bridgehead atoms. The molecule has 9 heteroatoms. The number of nitrogens with zero attached hydrogens (tertiary/aromatic N) is 3. The van der Waals surface area contributed by atoms with Gasteiger partial charge in [0, 0.05) is 6.54 Å². The van der Waals surface area contributed by atoms with E-state index in [2.05, 4.69) is 20.8 Å². The van der Waals surface area contributed by atoms with Gasteiger partial charge in [0.15, 0.2) is 11.0 Å². The summed E-state index contributed by atoms with van der Waals surface area (Å²) in [6.45, 7) is 4.25. The molecule has 1 unspecified atom stereocenters. The number of carbonyl (C=O) groups is 2. The molecule has 0 radical (unpaired) electrons. The molecule has 2 aromatic carbocycles. The Morgan fingerprint density at radius 1 is 1.10 bits per heavy atom. The number of benzene rings is 2. The van der Waals surface area contributed by atoms with E-state index in [0.717, 1.165) is 17.3 Å². The number of amides is 3. The number of carbonyl (C=O) groups excluding carboxylic acids is 2. The fourth-order valence-corrected chi connectivity index (χ4v) is 3.60. The minimum absolute atomic E-state index is 0.326. The normalized spacial score (nSPS) is 11.7. The molecule has 7 nitrogen and oxygen atoms in total. The zero-order chi connectivity index (χ0) is 21.5. The molecule has 3 rings (SSSR count). The van der Waals surface area contributed by atoms with Crippen molar-refractivity contribution in [1.29, 1.82) is 0 Å². The van der Waals surface area contributed by atoms with Crippen LogP contribution in [-0.2, 0) is 11.3 Å². The van der Waals surface area contributed by atoms with Crippen molar-refractivity contribution in [2.24, 2.45) is 0 Å². The van der Waals surface area contributed by atoms with E-state index in [1.807, 2.05) is 30.3 Å². The number of imide groups is 1. The standard InChI is InChI=1S/C21H22FN5O2S/c1-3-23-20(29)24-19(28)14(2)30-21-26-25-18(16-11-7-8-12-17(16)22)27(21)13-15-9-5-4-6-10-15/h4-12,14H,3,13H2,1-2H3,(H2,23,24,28,29). The van der Waals surface area contributed by atoms with Gasteiger partial charge in [0.05, 0.1) is 17.4 Å². The predicted molar refractivity (Wildman–Crippen MR) is 113 cm³/mol. The first kappa shape index (κ1) is 21.5. The Bertz CT molecular complexity index is 1030. The Kier molecular flexibility index (Phi) is 7.18. The molecule has 0 saturated carbocycles. The average Bonchev–Trinajstić information content (AvgIpc) is 3.11. The average molecular weight is 428 g/mol. The summed E-state index contributed by atoms with van der Waals surface area (Å²) in [6.07, 6.45) is 0.